The number of nitrogens with one attached hydrogen (secondary N) is 1. The molecule has 0 aliphatic heterocycles. The van der Waals surface area contributed by atoms with Crippen LogP contribution < -0.4 is 5.32 Å². The summed E-state index contributed by atoms with van der Waals surface area (Å²) < 4.78 is 64.6. The third-order valence-electron chi connectivity index (χ3n) is 2.53. The monoisotopic (exact) mass is 276 g/mol. The van der Waals surface area contributed by atoms with E-state index in [0.29, 0.717) is 6.54 Å². The number of pyridine rings is 1. The Morgan fingerprint density at radius 2 is 1.89 bits per heavy atom. The highest BCUT2D eigenvalue weighted by Gasteiger charge is 2.34. The van der Waals surface area contributed by atoms with Crippen molar-refractivity contribution in [3.05, 3.63) is 35.5 Å². The average Bonchev–Trinajstić information content (AvgIpc) is 2.33. The molecule has 0 amide bonds. The van der Waals surface area contributed by atoms with Crippen LogP contribution in [0.3, 0.4) is 0 Å². The lowest BCUT2D eigenvalue weighted by Crippen LogP contribution is -2.10. The molecule has 102 valence electrons. The predicted octanol–water partition coefficient (Wildman–Crippen LogP) is 3.96. The Morgan fingerprint density at radius 3 is 2.47 bits per heavy atom. The molecule has 0 saturated carbocycles. The van der Waals surface area contributed by atoms with E-state index in [-0.39, 0.29) is 11.1 Å². The third kappa shape index (κ3) is 2.45. The van der Waals surface area contributed by atoms with Gasteiger partial charge in [0.2, 0.25) is 0 Å². The summed E-state index contributed by atoms with van der Waals surface area (Å²) in [5, 5.41) is 2.79. The third-order valence-corrected chi connectivity index (χ3v) is 2.53. The second-order valence-corrected chi connectivity index (χ2v) is 3.84. The lowest BCUT2D eigenvalue weighted by molar-refractivity contribution is -0.140. The summed E-state index contributed by atoms with van der Waals surface area (Å²) >= 11 is 0. The van der Waals surface area contributed by atoms with E-state index in [1.807, 2.05) is 0 Å². The molecule has 1 N–H and O–H groups in total. The lowest BCUT2D eigenvalue weighted by Gasteiger charge is -2.13. The van der Waals surface area contributed by atoms with Crippen molar-refractivity contribution >= 4 is 16.6 Å². The Kier molecular flexibility index (Phi) is 3.30. The van der Waals surface area contributed by atoms with Crippen LogP contribution >= 0.6 is 0 Å². The van der Waals surface area contributed by atoms with Gasteiger partial charge in [-0.25, -0.2) is 13.8 Å². The summed E-state index contributed by atoms with van der Waals surface area (Å²) in [6.07, 6.45) is -4.73. The van der Waals surface area contributed by atoms with Crippen molar-refractivity contribution in [2.45, 2.75) is 13.1 Å². The first kappa shape index (κ1) is 13.5. The van der Waals surface area contributed by atoms with Crippen LogP contribution in [-0.2, 0) is 6.18 Å². The van der Waals surface area contributed by atoms with E-state index < -0.39 is 29.0 Å². The zero-order valence-corrected chi connectivity index (χ0v) is 9.78. The van der Waals surface area contributed by atoms with Gasteiger partial charge >= 0.3 is 6.18 Å². The molecule has 0 atom stereocenters. The van der Waals surface area contributed by atoms with Crippen molar-refractivity contribution in [1.29, 1.82) is 0 Å². The molecule has 1 aromatic carbocycles. The highest BCUT2D eigenvalue weighted by molar-refractivity contribution is 5.92. The van der Waals surface area contributed by atoms with E-state index in [4.69, 9.17) is 0 Å². The molecule has 0 radical (unpaired) electrons. The van der Waals surface area contributed by atoms with Crippen LogP contribution in [-0.4, -0.2) is 11.5 Å². The summed E-state index contributed by atoms with van der Waals surface area (Å²) in [7, 11) is 0. The minimum Gasteiger partial charge on any atom is -0.385 e. The van der Waals surface area contributed by atoms with Gasteiger partial charge in [-0.15, -0.1) is 0 Å². The number of hydrogen-bond acceptors (Lipinski definition) is 2. The van der Waals surface area contributed by atoms with Crippen LogP contribution in [0.4, 0.5) is 27.6 Å². The van der Waals surface area contributed by atoms with Crippen molar-refractivity contribution in [3.63, 3.8) is 0 Å². The number of alkyl halides is 3. The number of nitrogens with zero attached hydrogens (tertiary/aromatic N) is 1. The van der Waals surface area contributed by atoms with Gasteiger partial charge in [0.05, 0.1) is 0 Å². The first-order valence-corrected chi connectivity index (χ1v) is 5.44. The van der Waals surface area contributed by atoms with Gasteiger partial charge in [0, 0.05) is 17.6 Å². The van der Waals surface area contributed by atoms with Crippen LogP contribution in [0, 0.1) is 11.6 Å². The number of rotatable bonds is 2. The average molecular weight is 276 g/mol. The van der Waals surface area contributed by atoms with E-state index in [1.165, 1.54) is 6.07 Å². The zero-order valence-electron chi connectivity index (χ0n) is 9.78. The number of hydrogen-bond donors (Lipinski definition) is 1. The van der Waals surface area contributed by atoms with E-state index in [9.17, 15) is 22.0 Å². The molecule has 0 saturated heterocycles. The van der Waals surface area contributed by atoms with Crippen molar-refractivity contribution in [3.8, 4) is 0 Å². The van der Waals surface area contributed by atoms with Gasteiger partial charge < -0.3 is 5.32 Å². The fourth-order valence-corrected chi connectivity index (χ4v) is 1.72. The first-order chi connectivity index (χ1) is 8.84. The van der Waals surface area contributed by atoms with E-state index >= 15 is 0 Å². The van der Waals surface area contributed by atoms with E-state index in [2.05, 4.69) is 10.3 Å². The first-order valence-electron chi connectivity index (χ1n) is 5.44. The molecule has 2 nitrogen and oxygen atoms in total. The summed E-state index contributed by atoms with van der Waals surface area (Å²) in [5.74, 6) is -2.62. The van der Waals surface area contributed by atoms with Gasteiger partial charge in [-0.2, -0.15) is 13.2 Å². The minimum absolute atomic E-state index is 0.0683. The molecule has 0 fully saturated rings. The molecule has 0 spiro atoms. The Balaban J connectivity index is 2.80. The molecule has 1 aromatic heterocycles. The maximum Gasteiger partial charge on any atom is 0.433 e. The number of aromatic nitrogens is 1. The Bertz CT molecular complexity index is 622. The Labute approximate surface area is 105 Å². The maximum atomic E-state index is 13.6. The standard InChI is InChI=1S/C12H9F5N2/c1-2-18-8-5-9(12(15,16)17)19-11-6(8)3-4-7(13)10(11)14/h3-5H,2H2,1H3,(H,18,19). The molecular weight excluding hydrogens is 267 g/mol. The van der Waals surface area contributed by atoms with Gasteiger partial charge in [0.15, 0.2) is 11.6 Å². The van der Waals surface area contributed by atoms with Crippen molar-refractivity contribution in [2.75, 3.05) is 11.9 Å². The van der Waals surface area contributed by atoms with Gasteiger partial charge in [-0.1, -0.05) is 0 Å². The molecule has 1 heterocycles. The summed E-state index contributed by atoms with van der Waals surface area (Å²) in [4.78, 5) is 3.17. The second-order valence-electron chi connectivity index (χ2n) is 3.84. The number of benzene rings is 1. The maximum absolute atomic E-state index is 13.6. The number of halogens is 5. The molecule has 0 aliphatic carbocycles. The summed E-state index contributed by atoms with van der Waals surface area (Å²) in [6.45, 7) is 2.02. The second kappa shape index (κ2) is 4.64. The van der Waals surface area contributed by atoms with E-state index in [0.717, 1.165) is 12.1 Å². The van der Waals surface area contributed by atoms with Crippen molar-refractivity contribution < 1.29 is 22.0 Å². The fraction of sp³-hybridized carbons (Fsp3) is 0.250. The lowest BCUT2D eigenvalue weighted by atomic mass is 10.1. The largest absolute Gasteiger partial charge is 0.433 e. The van der Waals surface area contributed by atoms with Crippen LogP contribution in [0.15, 0.2) is 18.2 Å². The molecule has 7 heteroatoms. The fourth-order valence-electron chi connectivity index (χ4n) is 1.72. The van der Waals surface area contributed by atoms with Gasteiger partial charge in [-0.05, 0) is 25.1 Å². The number of anilines is 1. The summed E-state index contributed by atoms with van der Waals surface area (Å²) in [5.41, 5.74) is -1.83. The molecule has 2 aromatic rings. The van der Waals surface area contributed by atoms with Crippen molar-refractivity contribution in [1.82, 2.24) is 4.98 Å². The zero-order chi connectivity index (χ0) is 14.2. The minimum atomic E-state index is -4.73. The van der Waals surface area contributed by atoms with Crippen LogP contribution in [0.25, 0.3) is 10.9 Å². The van der Waals surface area contributed by atoms with Gasteiger partial charge in [0.1, 0.15) is 11.2 Å². The van der Waals surface area contributed by atoms with Crippen LogP contribution in [0.1, 0.15) is 12.6 Å². The highest BCUT2D eigenvalue weighted by Crippen LogP contribution is 2.34. The smallest absolute Gasteiger partial charge is 0.385 e. The number of fused-ring (bicyclic) bond motifs is 1. The highest BCUT2D eigenvalue weighted by atomic mass is 19.4. The SMILES string of the molecule is CCNc1cc(C(F)(F)F)nc2c(F)c(F)ccc12. The van der Waals surface area contributed by atoms with Gasteiger partial charge in [0.25, 0.3) is 0 Å². The van der Waals surface area contributed by atoms with Crippen LogP contribution in [0.2, 0.25) is 0 Å². The normalized spacial score (nSPS) is 11.9. The topological polar surface area (TPSA) is 24.9 Å². The summed E-state index contributed by atoms with van der Waals surface area (Å²) in [6, 6.07) is 2.83. The molecule has 2 rings (SSSR count). The molecule has 0 bridgehead atoms. The quantitative estimate of drug-likeness (QED) is 0.840. The molecular formula is C12H9F5N2. The molecule has 19 heavy (non-hydrogen) atoms. The van der Waals surface area contributed by atoms with Gasteiger partial charge in [-0.3, -0.25) is 0 Å². The Morgan fingerprint density at radius 1 is 1.21 bits per heavy atom. The van der Waals surface area contributed by atoms with Crippen molar-refractivity contribution in [2.24, 2.45) is 0 Å². The van der Waals surface area contributed by atoms with Crippen LogP contribution in [0.5, 0.6) is 0 Å². The Hall–Kier alpha value is -1.92. The van der Waals surface area contributed by atoms with E-state index in [1.54, 1.807) is 6.92 Å². The predicted molar refractivity (Wildman–Crippen MR) is 60.8 cm³/mol. The molecule has 0 aliphatic rings. The molecule has 0 unspecified atom stereocenters.